The molecule has 1 aromatic heterocycles. The Balaban J connectivity index is 1.60. The highest BCUT2D eigenvalue weighted by atomic mass is 32.1. The predicted molar refractivity (Wildman–Crippen MR) is 92.6 cm³/mol. The van der Waals surface area contributed by atoms with Crippen LogP contribution in [0, 0.1) is 0 Å². The highest BCUT2D eigenvalue weighted by Crippen LogP contribution is 2.26. The molecule has 5 heteroatoms. The van der Waals surface area contributed by atoms with E-state index < -0.39 is 0 Å². The minimum Gasteiger partial charge on any atom is -0.486 e. The van der Waals surface area contributed by atoms with Gasteiger partial charge < -0.3 is 10.1 Å². The minimum atomic E-state index is -0.0881. The van der Waals surface area contributed by atoms with Crippen molar-refractivity contribution in [2.45, 2.75) is 13.5 Å². The molecule has 0 saturated carbocycles. The van der Waals surface area contributed by atoms with Crippen LogP contribution in [0.15, 0.2) is 60.8 Å². The smallest absolute Gasteiger partial charge is 0.221 e. The minimum absolute atomic E-state index is 0.0881. The lowest BCUT2D eigenvalue weighted by Gasteiger charge is -2.06. The summed E-state index contributed by atoms with van der Waals surface area (Å²) in [5, 5.41) is 3.65. The molecule has 0 aliphatic rings. The van der Waals surface area contributed by atoms with Gasteiger partial charge in [0, 0.05) is 18.8 Å². The molecule has 0 aliphatic heterocycles. The van der Waals surface area contributed by atoms with Crippen LogP contribution in [0.2, 0.25) is 0 Å². The van der Waals surface area contributed by atoms with Crippen molar-refractivity contribution in [2.24, 2.45) is 0 Å². The van der Waals surface area contributed by atoms with Crippen LogP contribution in [-0.2, 0) is 11.4 Å². The Morgan fingerprint density at radius 2 is 1.87 bits per heavy atom. The zero-order valence-electron chi connectivity index (χ0n) is 12.7. The average molecular weight is 324 g/mol. The third-order valence-electron chi connectivity index (χ3n) is 3.15. The Morgan fingerprint density at radius 1 is 1.13 bits per heavy atom. The van der Waals surface area contributed by atoms with E-state index in [0.29, 0.717) is 6.61 Å². The fraction of sp³-hybridized carbons (Fsp3) is 0.111. The second kappa shape index (κ2) is 7.07. The number of thiazole rings is 1. The number of nitrogens with zero attached hydrogens (tertiary/aromatic N) is 1. The molecule has 1 amide bonds. The molecule has 0 spiro atoms. The maximum Gasteiger partial charge on any atom is 0.221 e. The Morgan fingerprint density at radius 3 is 2.57 bits per heavy atom. The first-order valence-electron chi connectivity index (χ1n) is 7.21. The summed E-state index contributed by atoms with van der Waals surface area (Å²) in [6.07, 6.45) is 1.87. The quantitative estimate of drug-likeness (QED) is 0.759. The van der Waals surface area contributed by atoms with Gasteiger partial charge in [-0.2, -0.15) is 0 Å². The number of aromatic nitrogens is 1. The van der Waals surface area contributed by atoms with E-state index in [-0.39, 0.29) is 5.91 Å². The Bertz CT molecular complexity index is 782. The summed E-state index contributed by atoms with van der Waals surface area (Å²) in [6, 6.07) is 17.5. The van der Waals surface area contributed by atoms with E-state index >= 15 is 0 Å². The normalized spacial score (nSPS) is 10.3. The van der Waals surface area contributed by atoms with Crippen molar-refractivity contribution in [3.8, 4) is 16.2 Å². The van der Waals surface area contributed by atoms with E-state index in [4.69, 9.17) is 4.74 Å². The van der Waals surface area contributed by atoms with Gasteiger partial charge in [0.1, 0.15) is 17.4 Å². The molecule has 2 aromatic carbocycles. The molecule has 0 bridgehead atoms. The maximum absolute atomic E-state index is 11.0. The molecule has 0 fully saturated rings. The second-order valence-electron chi connectivity index (χ2n) is 4.98. The van der Waals surface area contributed by atoms with Gasteiger partial charge in [0.2, 0.25) is 5.91 Å². The Kier molecular flexibility index (Phi) is 4.68. The number of benzene rings is 2. The molecule has 0 atom stereocenters. The number of hydrogen-bond donors (Lipinski definition) is 1. The van der Waals surface area contributed by atoms with E-state index in [1.54, 1.807) is 11.3 Å². The second-order valence-corrected chi connectivity index (χ2v) is 6.09. The number of rotatable bonds is 5. The summed E-state index contributed by atoms with van der Waals surface area (Å²) < 4.78 is 5.74. The monoisotopic (exact) mass is 324 g/mol. The molecule has 0 saturated heterocycles. The number of anilines is 1. The first-order valence-corrected chi connectivity index (χ1v) is 8.03. The van der Waals surface area contributed by atoms with Gasteiger partial charge in [0.25, 0.3) is 0 Å². The van der Waals surface area contributed by atoms with Gasteiger partial charge in [-0.25, -0.2) is 4.98 Å². The summed E-state index contributed by atoms with van der Waals surface area (Å²) in [5.74, 6) is 0.658. The van der Waals surface area contributed by atoms with Gasteiger partial charge in [0.05, 0.1) is 4.88 Å². The van der Waals surface area contributed by atoms with Gasteiger partial charge in [-0.15, -0.1) is 11.3 Å². The largest absolute Gasteiger partial charge is 0.486 e. The summed E-state index contributed by atoms with van der Waals surface area (Å²) in [6.45, 7) is 1.91. The van der Waals surface area contributed by atoms with Gasteiger partial charge in [-0.1, -0.05) is 30.3 Å². The topological polar surface area (TPSA) is 51.2 Å². The van der Waals surface area contributed by atoms with Crippen LogP contribution in [0.4, 0.5) is 5.69 Å². The van der Waals surface area contributed by atoms with E-state index in [1.165, 1.54) is 6.92 Å². The van der Waals surface area contributed by atoms with Crippen molar-refractivity contribution in [3.63, 3.8) is 0 Å². The molecule has 0 aliphatic carbocycles. The van der Waals surface area contributed by atoms with E-state index in [9.17, 15) is 4.79 Å². The van der Waals surface area contributed by atoms with Crippen molar-refractivity contribution in [1.29, 1.82) is 0 Å². The van der Waals surface area contributed by atoms with E-state index in [0.717, 1.165) is 26.9 Å². The summed E-state index contributed by atoms with van der Waals surface area (Å²) >= 11 is 1.62. The Labute approximate surface area is 138 Å². The van der Waals surface area contributed by atoms with Gasteiger partial charge in [-0.3, -0.25) is 4.79 Å². The lowest BCUT2D eigenvalue weighted by molar-refractivity contribution is -0.114. The molecule has 3 rings (SSSR count). The summed E-state index contributed by atoms with van der Waals surface area (Å²) in [7, 11) is 0. The Hall–Kier alpha value is -2.66. The predicted octanol–water partition coefficient (Wildman–Crippen LogP) is 4.35. The number of nitrogens with one attached hydrogen (secondary N) is 1. The van der Waals surface area contributed by atoms with Crippen LogP contribution in [0.25, 0.3) is 10.4 Å². The fourth-order valence-electron chi connectivity index (χ4n) is 2.10. The van der Waals surface area contributed by atoms with Crippen LogP contribution < -0.4 is 10.1 Å². The summed E-state index contributed by atoms with van der Waals surface area (Å²) in [5.41, 5.74) is 1.92. The lowest BCUT2D eigenvalue weighted by atomic mass is 10.2. The fourth-order valence-corrected chi connectivity index (χ4v) is 2.93. The molecular weight excluding hydrogens is 308 g/mol. The number of hydrogen-bond acceptors (Lipinski definition) is 4. The first-order chi connectivity index (χ1) is 11.2. The molecule has 1 N–H and O–H groups in total. The van der Waals surface area contributed by atoms with Crippen LogP contribution in [0.3, 0.4) is 0 Å². The SMILES string of the molecule is CC(=O)Nc1ccc(OCc2ncc(-c3ccccc3)s2)cc1. The van der Waals surface area contributed by atoms with Crippen LogP contribution in [-0.4, -0.2) is 10.9 Å². The number of ether oxygens (including phenoxy) is 1. The molecule has 23 heavy (non-hydrogen) atoms. The van der Waals surface area contributed by atoms with Crippen molar-refractivity contribution < 1.29 is 9.53 Å². The van der Waals surface area contributed by atoms with Crippen molar-refractivity contribution >= 4 is 22.9 Å². The van der Waals surface area contributed by atoms with Crippen LogP contribution in [0.5, 0.6) is 5.75 Å². The highest BCUT2D eigenvalue weighted by molar-refractivity contribution is 7.15. The van der Waals surface area contributed by atoms with Gasteiger partial charge in [-0.05, 0) is 29.8 Å². The third-order valence-corrected chi connectivity index (χ3v) is 4.17. The van der Waals surface area contributed by atoms with Crippen LogP contribution in [0.1, 0.15) is 11.9 Å². The van der Waals surface area contributed by atoms with Crippen molar-refractivity contribution in [2.75, 3.05) is 5.32 Å². The van der Waals surface area contributed by atoms with E-state index in [1.807, 2.05) is 48.7 Å². The molecule has 0 unspecified atom stereocenters. The molecule has 3 aromatic rings. The molecule has 1 heterocycles. The van der Waals surface area contributed by atoms with Crippen molar-refractivity contribution in [3.05, 3.63) is 65.8 Å². The molecule has 4 nitrogen and oxygen atoms in total. The van der Waals surface area contributed by atoms with E-state index in [2.05, 4.69) is 22.4 Å². The van der Waals surface area contributed by atoms with Gasteiger partial charge in [0.15, 0.2) is 0 Å². The zero-order chi connectivity index (χ0) is 16.1. The zero-order valence-corrected chi connectivity index (χ0v) is 13.5. The average Bonchev–Trinajstić information content (AvgIpc) is 3.04. The van der Waals surface area contributed by atoms with Crippen LogP contribution >= 0.6 is 11.3 Å². The van der Waals surface area contributed by atoms with Gasteiger partial charge >= 0.3 is 0 Å². The lowest BCUT2D eigenvalue weighted by Crippen LogP contribution is -2.05. The molecule has 116 valence electrons. The summed E-state index contributed by atoms with van der Waals surface area (Å²) in [4.78, 5) is 16.5. The maximum atomic E-state index is 11.0. The number of amides is 1. The van der Waals surface area contributed by atoms with Crippen molar-refractivity contribution in [1.82, 2.24) is 4.98 Å². The molecule has 0 radical (unpaired) electrons. The third kappa shape index (κ3) is 4.17. The standard InChI is InChI=1S/C18H16N2O2S/c1-13(21)20-15-7-9-16(10-8-15)22-12-18-19-11-17(23-18)14-5-3-2-4-6-14/h2-11H,12H2,1H3,(H,20,21). The highest BCUT2D eigenvalue weighted by Gasteiger charge is 2.05. The number of carbonyl (C=O) groups is 1. The first kappa shape index (κ1) is 15.2. The number of carbonyl (C=O) groups excluding carboxylic acids is 1. The molecular formula is C18H16N2O2S.